The molecule has 3 aliphatic rings. The van der Waals surface area contributed by atoms with Crippen molar-refractivity contribution in [1.82, 2.24) is 20.0 Å². The summed E-state index contributed by atoms with van der Waals surface area (Å²) in [5.74, 6) is -0.0349. The highest BCUT2D eigenvalue weighted by atomic mass is 16.2. The SMILES string of the molecule is CCCCCCCCCN1C(=O)C2C(NC3N(c4ccc(CC)cc4)CCCN23)N(C)C1=O. The number of urea groups is 1. The second-order valence-electron chi connectivity index (χ2n) is 9.74. The van der Waals surface area contributed by atoms with E-state index in [0.29, 0.717) is 6.54 Å². The molecule has 1 aromatic carbocycles. The smallest absolute Gasteiger partial charge is 0.327 e. The van der Waals surface area contributed by atoms with Gasteiger partial charge >= 0.3 is 6.03 Å². The molecule has 33 heavy (non-hydrogen) atoms. The predicted molar refractivity (Wildman–Crippen MR) is 132 cm³/mol. The molecule has 0 spiro atoms. The maximum absolute atomic E-state index is 13.5. The number of likely N-dealkylation sites (N-methyl/N-ethyl adjacent to an activating group) is 1. The molecular formula is C26H41N5O2. The Morgan fingerprint density at radius 3 is 2.33 bits per heavy atom. The molecule has 7 heteroatoms. The van der Waals surface area contributed by atoms with Crippen molar-refractivity contribution in [3.05, 3.63) is 29.8 Å². The average Bonchev–Trinajstić information content (AvgIpc) is 3.24. The number of fused-ring (bicyclic) bond motifs is 3. The van der Waals surface area contributed by atoms with Gasteiger partial charge in [-0.15, -0.1) is 0 Å². The summed E-state index contributed by atoms with van der Waals surface area (Å²) in [6.45, 7) is 6.72. The van der Waals surface area contributed by atoms with Gasteiger partial charge in [0.25, 0.3) is 5.91 Å². The number of rotatable bonds is 10. The topological polar surface area (TPSA) is 59.1 Å². The van der Waals surface area contributed by atoms with E-state index in [4.69, 9.17) is 0 Å². The number of nitrogens with zero attached hydrogens (tertiary/aromatic N) is 4. The molecule has 3 saturated heterocycles. The van der Waals surface area contributed by atoms with E-state index < -0.39 is 0 Å². The first-order valence-electron chi connectivity index (χ1n) is 13.0. The van der Waals surface area contributed by atoms with Crippen molar-refractivity contribution in [1.29, 1.82) is 0 Å². The van der Waals surface area contributed by atoms with Crippen molar-refractivity contribution in [3.63, 3.8) is 0 Å². The Kier molecular flexibility index (Phi) is 7.91. The molecule has 3 unspecified atom stereocenters. The van der Waals surface area contributed by atoms with Crippen molar-refractivity contribution in [2.75, 3.05) is 31.6 Å². The van der Waals surface area contributed by atoms with Gasteiger partial charge in [0.2, 0.25) is 0 Å². The Morgan fingerprint density at radius 2 is 1.64 bits per heavy atom. The summed E-state index contributed by atoms with van der Waals surface area (Å²) in [7, 11) is 1.83. The fraction of sp³-hybridized carbons (Fsp3) is 0.692. The van der Waals surface area contributed by atoms with Crippen LogP contribution in [0.3, 0.4) is 0 Å². The minimum absolute atomic E-state index is 0.0349. The van der Waals surface area contributed by atoms with E-state index >= 15 is 0 Å². The highest BCUT2D eigenvalue weighted by Crippen LogP contribution is 2.33. The minimum Gasteiger partial charge on any atom is -0.343 e. The Labute approximate surface area is 199 Å². The zero-order valence-electron chi connectivity index (χ0n) is 20.6. The summed E-state index contributed by atoms with van der Waals surface area (Å²) < 4.78 is 0. The molecule has 3 amide bonds. The normalized spacial score (nSPS) is 25.5. The van der Waals surface area contributed by atoms with E-state index in [1.54, 1.807) is 4.90 Å². The molecule has 7 nitrogen and oxygen atoms in total. The first kappa shape index (κ1) is 24.0. The highest BCUT2D eigenvalue weighted by molar-refractivity contribution is 6.00. The van der Waals surface area contributed by atoms with E-state index in [9.17, 15) is 9.59 Å². The summed E-state index contributed by atoms with van der Waals surface area (Å²) in [5, 5.41) is 3.61. The van der Waals surface area contributed by atoms with Crippen LogP contribution in [-0.4, -0.2) is 71.8 Å². The lowest BCUT2D eigenvalue weighted by Gasteiger charge is -2.44. The second kappa shape index (κ2) is 10.9. The Bertz CT molecular complexity index is 813. The standard InChI is InChI=1S/C26H41N5O2/c1-4-6-7-8-9-10-11-17-31-24(32)22-23(28(3)26(31)33)27-25-29(18-12-19-30(22)25)21-15-13-20(5-2)14-16-21/h13-16,22-23,25,27H,4-12,17-19H2,1-3H3. The van der Waals surface area contributed by atoms with Gasteiger partial charge in [0.1, 0.15) is 18.5 Å². The van der Waals surface area contributed by atoms with Gasteiger partial charge in [0, 0.05) is 32.4 Å². The number of anilines is 1. The monoisotopic (exact) mass is 455 g/mol. The molecule has 0 radical (unpaired) electrons. The average molecular weight is 456 g/mol. The van der Waals surface area contributed by atoms with Crippen LogP contribution in [-0.2, 0) is 11.2 Å². The molecule has 182 valence electrons. The molecule has 4 rings (SSSR count). The fourth-order valence-electron chi connectivity index (χ4n) is 5.54. The van der Waals surface area contributed by atoms with Crippen LogP contribution in [0.5, 0.6) is 0 Å². The lowest BCUT2D eigenvalue weighted by atomic mass is 10.1. The third-order valence-electron chi connectivity index (χ3n) is 7.53. The van der Waals surface area contributed by atoms with Crippen LogP contribution in [0.1, 0.15) is 70.8 Å². The van der Waals surface area contributed by atoms with Gasteiger partial charge in [0.15, 0.2) is 0 Å². The van der Waals surface area contributed by atoms with Gasteiger partial charge in [0.05, 0.1) is 0 Å². The first-order valence-corrected chi connectivity index (χ1v) is 13.0. The number of amides is 3. The molecule has 3 heterocycles. The first-order chi connectivity index (χ1) is 16.1. The maximum atomic E-state index is 13.5. The largest absolute Gasteiger partial charge is 0.343 e. The van der Waals surface area contributed by atoms with Crippen molar-refractivity contribution in [2.45, 2.75) is 90.1 Å². The summed E-state index contributed by atoms with van der Waals surface area (Å²) in [6.07, 6.45) is 9.88. The number of imide groups is 1. The van der Waals surface area contributed by atoms with Crippen molar-refractivity contribution < 1.29 is 9.59 Å². The predicted octanol–water partition coefficient (Wildman–Crippen LogP) is 3.99. The van der Waals surface area contributed by atoms with Crippen molar-refractivity contribution >= 4 is 17.6 Å². The molecule has 3 aliphatic heterocycles. The van der Waals surface area contributed by atoms with Crippen LogP contribution in [0, 0.1) is 0 Å². The number of benzene rings is 1. The van der Waals surface area contributed by atoms with Crippen LogP contribution in [0.15, 0.2) is 24.3 Å². The van der Waals surface area contributed by atoms with E-state index in [1.165, 1.54) is 42.6 Å². The molecule has 0 bridgehead atoms. The molecular weight excluding hydrogens is 414 g/mol. The number of hydrogen-bond acceptors (Lipinski definition) is 5. The lowest BCUT2D eigenvalue weighted by molar-refractivity contribution is -0.138. The lowest BCUT2D eigenvalue weighted by Crippen LogP contribution is -2.66. The Morgan fingerprint density at radius 1 is 0.939 bits per heavy atom. The summed E-state index contributed by atoms with van der Waals surface area (Å²) in [5.41, 5.74) is 2.48. The number of aryl methyl sites for hydroxylation is 1. The zero-order chi connectivity index (χ0) is 23.4. The van der Waals surface area contributed by atoms with Crippen LogP contribution in [0.25, 0.3) is 0 Å². The van der Waals surface area contributed by atoms with Gasteiger partial charge in [-0.05, 0) is 37.0 Å². The van der Waals surface area contributed by atoms with Gasteiger partial charge < -0.3 is 9.80 Å². The number of nitrogens with one attached hydrogen (secondary N) is 1. The molecule has 1 aromatic rings. The van der Waals surface area contributed by atoms with E-state index in [0.717, 1.165) is 44.5 Å². The Balaban J connectivity index is 1.42. The van der Waals surface area contributed by atoms with E-state index in [-0.39, 0.29) is 30.4 Å². The maximum Gasteiger partial charge on any atom is 0.327 e. The third-order valence-corrected chi connectivity index (χ3v) is 7.53. The molecule has 3 fully saturated rings. The summed E-state index contributed by atoms with van der Waals surface area (Å²) >= 11 is 0. The van der Waals surface area contributed by atoms with Crippen LogP contribution in [0.2, 0.25) is 0 Å². The van der Waals surface area contributed by atoms with Crippen LogP contribution in [0.4, 0.5) is 10.5 Å². The highest BCUT2D eigenvalue weighted by Gasteiger charge is 2.55. The van der Waals surface area contributed by atoms with E-state index in [1.807, 2.05) is 7.05 Å². The minimum atomic E-state index is -0.319. The van der Waals surface area contributed by atoms with Crippen molar-refractivity contribution in [2.24, 2.45) is 0 Å². The number of unbranched alkanes of at least 4 members (excludes halogenated alkanes) is 6. The molecule has 0 aromatic heterocycles. The molecule has 3 atom stereocenters. The third kappa shape index (κ3) is 4.90. The van der Waals surface area contributed by atoms with Gasteiger partial charge in [-0.3, -0.25) is 19.9 Å². The number of carbonyl (C=O) groups excluding carboxylic acids is 2. The number of hydrogen-bond donors (Lipinski definition) is 1. The zero-order valence-corrected chi connectivity index (χ0v) is 20.6. The second-order valence-corrected chi connectivity index (χ2v) is 9.74. The Hall–Kier alpha value is -2.12. The van der Waals surface area contributed by atoms with Crippen LogP contribution >= 0.6 is 0 Å². The van der Waals surface area contributed by atoms with Crippen molar-refractivity contribution in [3.8, 4) is 0 Å². The summed E-state index contributed by atoms with van der Waals surface area (Å²) in [4.78, 5) is 34.5. The summed E-state index contributed by atoms with van der Waals surface area (Å²) in [6, 6.07) is 8.23. The van der Waals surface area contributed by atoms with Gasteiger partial charge in [-0.1, -0.05) is 64.5 Å². The fourth-order valence-corrected chi connectivity index (χ4v) is 5.54. The molecule has 1 N–H and O–H groups in total. The number of carbonyl (C=O) groups is 2. The van der Waals surface area contributed by atoms with Gasteiger partial charge in [-0.25, -0.2) is 4.79 Å². The van der Waals surface area contributed by atoms with Gasteiger partial charge in [-0.2, -0.15) is 0 Å². The van der Waals surface area contributed by atoms with E-state index in [2.05, 4.69) is 53.2 Å². The van der Waals surface area contributed by atoms with Crippen LogP contribution < -0.4 is 10.2 Å². The molecule has 0 saturated carbocycles. The molecule has 0 aliphatic carbocycles. The quantitative estimate of drug-likeness (QED) is 0.541.